The predicted molar refractivity (Wildman–Crippen MR) is 61.6 cm³/mol. The van der Waals surface area contributed by atoms with Crippen LogP contribution in [-0.4, -0.2) is 23.9 Å². The van der Waals surface area contributed by atoms with Gasteiger partial charge < -0.3 is 9.29 Å². The van der Waals surface area contributed by atoms with E-state index < -0.39 is 37.3 Å². The molecule has 0 saturated heterocycles. The maximum Gasteiger partial charge on any atom is 0.335 e. The zero-order valence-electron chi connectivity index (χ0n) is 9.65. The van der Waals surface area contributed by atoms with Crippen molar-refractivity contribution in [3.63, 3.8) is 0 Å². The number of nitro benzene ring substituents is 1. The van der Waals surface area contributed by atoms with Crippen molar-refractivity contribution in [1.29, 1.82) is 0 Å². The summed E-state index contributed by atoms with van der Waals surface area (Å²) >= 11 is 0. The highest BCUT2D eigenvalue weighted by Crippen LogP contribution is 2.32. The van der Waals surface area contributed by atoms with E-state index in [0.29, 0.717) is 6.07 Å². The highest BCUT2D eigenvalue weighted by molar-refractivity contribution is 7.85. The van der Waals surface area contributed by atoms with Crippen molar-refractivity contribution in [1.82, 2.24) is 0 Å². The van der Waals surface area contributed by atoms with Crippen LogP contribution in [0.4, 0.5) is 5.69 Å². The summed E-state index contributed by atoms with van der Waals surface area (Å²) < 4.78 is 37.4. The van der Waals surface area contributed by atoms with Crippen LogP contribution in [-0.2, 0) is 14.9 Å². The van der Waals surface area contributed by atoms with Crippen molar-refractivity contribution in [2.75, 3.05) is 0 Å². The molecule has 0 atom stereocenters. The Labute approximate surface area is 108 Å². The number of aryl methyl sites for hydroxylation is 1. The number of benzene rings is 1. The molecule has 0 aliphatic carbocycles. The molecule has 0 saturated carbocycles. The summed E-state index contributed by atoms with van der Waals surface area (Å²) in [6.07, 6.45) is 0.789. The van der Waals surface area contributed by atoms with Crippen molar-refractivity contribution in [3.8, 4) is 5.75 Å². The van der Waals surface area contributed by atoms with Crippen LogP contribution in [0, 0.1) is 17.0 Å². The lowest BCUT2D eigenvalue weighted by Crippen LogP contribution is -2.08. The summed E-state index contributed by atoms with van der Waals surface area (Å²) in [5.41, 5.74) is -0.859. The Balaban J connectivity index is 3.50. The standard InChI is InChI=1S/C10H9NO7S/c1-3-10(12)18-8-4-6(2)9(19(15,16)17)5-7(8)11(13)14/h3-5H,1H2,2H3,(H,15,16,17)/p-1. The number of nitro groups is 1. The maximum atomic E-state index is 11.0. The third kappa shape index (κ3) is 3.36. The second kappa shape index (κ2) is 5.16. The molecule has 9 heteroatoms. The molecule has 0 unspecified atom stereocenters. The van der Waals surface area contributed by atoms with E-state index in [9.17, 15) is 27.9 Å². The first-order valence-corrected chi connectivity index (χ1v) is 6.17. The molecule has 1 aromatic carbocycles. The van der Waals surface area contributed by atoms with Crippen LogP contribution in [0.25, 0.3) is 0 Å². The van der Waals surface area contributed by atoms with Gasteiger partial charge in [-0.05, 0) is 18.6 Å². The summed E-state index contributed by atoms with van der Waals surface area (Å²) in [6, 6.07) is 1.49. The van der Waals surface area contributed by atoms with Gasteiger partial charge in [0.1, 0.15) is 10.1 Å². The van der Waals surface area contributed by atoms with Gasteiger partial charge in [-0.2, -0.15) is 0 Å². The maximum absolute atomic E-state index is 11.0. The predicted octanol–water partition coefficient (Wildman–Crippen LogP) is 0.899. The van der Waals surface area contributed by atoms with E-state index in [1.165, 1.54) is 6.92 Å². The fourth-order valence-electron chi connectivity index (χ4n) is 1.29. The number of esters is 1. The fraction of sp³-hybridized carbons (Fsp3) is 0.100. The molecule has 1 aromatic rings. The van der Waals surface area contributed by atoms with Gasteiger partial charge in [-0.25, -0.2) is 13.2 Å². The van der Waals surface area contributed by atoms with Gasteiger partial charge in [0, 0.05) is 12.1 Å². The Morgan fingerprint density at radius 3 is 2.47 bits per heavy atom. The minimum absolute atomic E-state index is 0.0625. The largest absolute Gasteiger partial charge is 0.744 e. The fourth-order valence-corrected chi connectivity index (χ4v) is 2.00. The first-order chi connectivity index (χ1) is 8.66. The Morgan fingerprint density at radius 1 is 1.47 bits per heavy atom. The van der Waals surface area contributed by atoms with Gasteiger partial charge in [0.05, 0.1) is 9.82 Å². The second-order valence-electron chi connectivity index (χ2n) is 3.42. The third-order valence-electron chi connectivity index (χ3n) is 2.10. The van der Waals surface area contributed by atoms with Crippen LogP contribution in [0.3, 0.4) is 0 Å². The molecule has 0 aliphatic heterocycles. The van der Waals surface area contributed by atoms with Gasteiger partial charge in [-0.15, -0.1) is 0 Å². The number of rotatable bonds is 4. The van der Waals surface area contributed by atoms with Crippen molar-refractivity contribution in [2.45, 2.75) is 11.8 Å². The lowest BCUT2D eigenvalue weighted by Gasteiger charge is -2.12. The molecule has 0 N–H and O–H groups in total. The second-order valence-corrected chi connectivity index (χ2v) is 4.77. The van der Waals surface area contributed by atoms with Crippen LogP contribution >= 0.6 is 0 Å². The van der Waals surface area contributed by atoms with Crippen LogP contribution in [0.5, 0.6) is 5.75 Å². The Kier molecular flexibility index (Phi) is 4.02. The summed E-state index contributed by atoms with van der Waals surface area (Å²) in [5.74, 6) is -1.40. The lowest BCUT2D eigenvalue weighted by molar-refractivity contribution is -0.385. The SMILES string of the molecule is C=CC(=O)Oc1cc(C)c(S(=O)(=O)[O-])cc1[N+](=O)[O-]. The van der Waals surface area contributed by atoms with Gasteiger partial charge in [-0.1, -0.05) is 6.58 Å². The molecule has 0 spiro atoms. The first-order valence-electron chi connectivity index (χ1n) is 4.76. The molecule has 0 fully saturated rings. The number of hydrogen-bond acceptors (Lipinski definition) is 7. The minimum Gasteiger partial charge on any atom is -0.744 e. The Bertz CT molecular complexity index is 663. The van der Waals surface area contributed by atoms with Crippen LogP contribution < -0.4 is 4.74 Å². The number of hydrogen-bond donors (Lipinski definition) is 0. The number of ether oxygens (including phenoxy) is 1. The smallest absolute Gasteiger partial charge is 0.335 e. The van der Waals surface area contributed by atoms with E-state index in [4.69, 9.17) is 0 Å². The first kappa shape index (κ1) is 14.8. The van der Waals surface area contributed by atoms with Crippen molar-refractivity contribution in [3.05, 3.63) is 40.5 Å². The lowest BCUT2D eigenvalue weighted by atomic mass is 10.2. The van der Waals surface area contributed by atoms with Crippen LogP contribution in [0.1, 0.15) is 5.56 Å². The number of carbonyl (C=O) groups is 1. The summed E-state index contributed by atoms with van der Waals surface area (Å²) in [5, 5.41) is 10.8. The van der Waals surface area contributed by atoms with E-state index in [0.717, 1.165) is 12.1 Å². The molecule has 8 nitrogen and oxygen atoms in total. The normalized spacial score (nSPS) is 10.8. The molecule has 0 bridgehead atoms. The highest BCUT2D eigenvalue weighted by atomic mass is 32.2. The summed E-state index contributed by atoms with van der Waals surface area (Å²) in [7, 11) is -4.86. The van der Waals surface area contributed by atoms with Gasteiger partial charge >= 0.3 is 11.7 Å². The van der Waals surface area contributed by atoms with Crippen LogP contribution in [0.15, 0.2) is 29.7 Å². The minimum atomic E-state index is -4.86. The number of carbonyl (C=O) groups excluding carboxylic acids is 1. The van der Waals surface area contributed by atoms with E-state index in [-0.39, 0.29) is 5.56 Å². The van der Waals surface area contributed by atoms with Gasteiger partial charge in [-0.3, -0.25) is 10.1 Å². The van der Waals surface area contributed by atoms with Gasteiger partial charge in [0.2, 0.25) is 5.75 Å². The molecular weight excluding hydrogens is 278 g/mol. The molecular formula is C10H8NO7S-. The molecule has 19 heavy (non-hydrogen) atoms. The molecule has 0 aliphatic rings. The monoisotopic (exact) mass is 286 g/mol. The molecule has 1 rings (SSSR count). The van der Waals surface area contributed by atoms with E-state index in [2.05, 4.69) is 11.3 Å². The zero-order chi connectivity index (χ0) is 14.8. The molecule has 0 amide bonds. The average Bonchev–Trinajstić information content (AvgIpc) is 2.26. The zero-order valence-corrected chi connectivity index (χ0v) is 10.5. The van der Waals surface area contributed by atoms with Gasteiger partial charge in [0.25, 0.3) is 0 Å². The van der Waals surface area contributed by atoms with E-state index in [1.807, 2.05) is 0 Å². The van der Waals surface area contributed by atoms with Crippen molar-refractivity contribution in [2.24, 2.45) is 0 Å². The van der Waals surface area contributed by atoms with Crippen molar-refractivity contribution >= 4 is 21.8 Å². The summed E-state index contributed by atoms with van der Waals surface area (Å²) in [6.45, 7) is 4.37. The highest BCUT2D eigenvalue weighted by Gasteiger charge is 2.22. The molecule has 0 heterocycles. The van der Waals surface area contributed by atoms with E-state index >= 15 is 0 Å². The van der Waals surface area contributed by atoms with Gasteiger partial charge in [0.15, 0.2) is 0 Å². The topological polar surface area (TPSA) is 127 Å². The number of nitrogens with zero attached hydrogens (tertiary/aromatic N) is 1. The average molecular weight is 286 g/mol. The molecule has 0 aromatic heterocycles. The quantitative estimate of drug-likeness (QED) is 0.201. The Morgan fingerprint density at radius 2 is 2.05 bits per heavy atom. The summed E-state index contributed by atoms with van der Waals surface area (Å²) in [4.78, 5) is 20.1. The molecule has 0 radical (unpaired) electrons. The van der Waals surface area contributed by atoms with E-state index in [1.54, 1.807) is 0 Å². The third-order valence-corrected chi connectivity index (χ3v) is 3.08. The van der Waals surface area contributed by atoms with Crippen molar-refractivity contribution < 1.29 is 27.4 Å². The molecule has 102 valence electrons. The van der Waals surface area contributed by atoms with Crippen LogP contribution in [0.2, 0.25) is 0 Å². The Hall–Kier alpha value is -2.26.